The zero-order valence-electron chi connectivity index (χ0n) is 16.3. The van der Waals surface area contributed by atoms with Gasteiger partial charge in [0.25, 0.3) is 0 Å². The van der Waals surface area contributed by atoms with Crippen molar-refractivity contribution in [3.05, 3.63) is 72.0 Å². The molecule has 150 valence electrons. The minimum atomic E-state index is 0.536. The van der Waals surface area contributed by atoms with Gasteiger partial charge in [0.2, 0.25) is 5.95 Å². The van der Waals surface area contributed by atoms with Crippen LogP contribution in [0.2, 0.25) is 5.02 Å². The van der Waals surface area contributed by atoms with E-state index in [1.54, 1.807) is 6.20 Å². The molecule has 0 amide bonds. The van der Waals surface area contributed by atoms with Crippen molar-refractivity contribution in [1.29, 1.82) is 0 Å². The summed E-state index contributed by atoms with van der Waals surface area (Å²) in [4.78, 5) is 16.1. The monoisotopic (exact) mass is 416 g/mol. The fourth-order valence-corrected chi connectivity index (χ4v) is 3.86. The Balaban J connectivity index is 1.43. The molecule has 1 aliphatic rings. The van der Waals surface area contributed by atoms with Gasteiger partial charge in [0.05, 0.1) is 5.69 Å². The van der Waals surface area contributed by atoms with Crippen LogP contribution in [-0.2, 0) is 0 Å². The molecule has 0 radical (unpaired) electrons. The minimum absolute atomic E-state index is 0.536. The van der Waals surface area contributed by atoms with E-state index in [1.807, 2.05) is 36.5 Å². The number of fused-ring (bicyclic) bond motifs is 1. The fourth-order valence-electron chi connectivity index (χ4n) is 3.67. The number of rotatable bonds is 4. The average Bonchev–Trinajstić information content (AvgIpc) is 2.80. The van der Waals surface area contributed by atoms with Crippen LogP contribution in [0.3, 0.4) is 0 Å². The molecule has 0 atom stereocenters. The number of pyridine rings is 1. The lowest BCUT2D eigenvalue weighted by atomic mass is 10.1. The zero-order chi connectivity index (χ0) is 20.3. The molecule has 1 aliphatic heterocycles. The molecule has 5 rings (SSSR count). The van der Waals surface area contributed by atoms with E-state index >= 15 is 0 Å². The molecule has 1 saturated heterocycles. The number of benzene rings is 2. The number of nitrogens with zero attached hydrogens (tertiary/aromatic N) is 4. The lowest BCUT2D eigenvalue weighted by Gasteiger charge is -2.29. The van der Waals surface area contributed by atoms with Crippen LogP contribution in [-0.4, -0.2) is 41.1 Å². The quantitative estimate of drug-likeness (QED) is 0.510. The highest BCUT2D eigenvalue weighted by molar-refractivity contribution is 6.30. The summed E-state index contributed by atoms with van der Waals surface area (Å²) in [7, 11) is 0. The Hall–Kier alpha value is -3.22. The number of nitrogens with one attached hydrogen (secondary N) is 2. The van der Waals surface area contributed by atoms with E-state index < -0.39 is 0 Å². The molecule has 0 spiro atoms. The zero-order valence-corrected chi connectivity index (χ0v) is 17.1. The molecule has 0 unspecified atom stereocenters. The highest BCUT2D eigenvalue weighted by Gasteiger charge is 2.11. The van der Waals surface area contributed by atoms with Crippen molar-refractivity contribution in [3.63, 3.8) is 0 Å². The van der Waals surface area contributed by atoms with Gasteiger partial charge < -0.3 is 15.5 Å². The third-order valence-corrected chi connectivity index (χ3v) is 5.44. The van der Waals surface area contributed by atoms with Crippen LogP contribution >= 0.6 is 11.6 Å². The number of halogens is 1. The summed E-state index contributed by atoms with van der Waals surface area (Å²) in [6, 6.07) is 17.9. The van der Waals surface area contributed by atoms with Crippen LogP contribution in [0.15, 0.2) is 67.0 Å². The lowest BCUT2D eigenvalue weighted by Crippen LogP contribution is -2.43. The summed E-state index contributed by atoms with van der Waals surface area (Å²) >= 11 is 6.17. The van der Waals surface area contributed by atoms with Crippen molar-refractivity contribution in [2.75, 3.05) is 36.4 Å². The minimum Gasteiger partial charge on any atom is -0.369 e. The van der Waals surface area contributed by atoms with Crippen LogP contribution in [0.1, 0.15) is 0 Å². The van der Waals surface area contributed by atoms with Crippen LogP contribution in [0, 0.1) is 0 Å². The van der Waals surface area contributed by atoms with Crippen molar-refractivity contribution in [1.82, 2.24) is 20.3 Å². The second kappa shape index (κ2) is 8.26. The number of piperazine rings is 1. The predicted octanol–water partition coefficient (Wildman–Crippen LogP) is 4.50. The van der Waals surface area contributed by atoms with E-state index in [4.69, 9.17) is 16.6 Å². The van der Waals surface area contributed by atoms with E-state index in [0.717, 1.165) is 54.0 Å². The Labute approximate surface area is 180 Å². The second-order valence-corrected chi connectivity index (χ2v) is 7.65. The largest absolute Gasteiger partial charge is 0.369 e. The molecule has 3 heterocycles. The van der Waals surface area contributed by atoms with Gasteiger partial charge in [-0.3, -0.25) is 4.98 Å². The third kappa shape index (κ3) is 3.92. The molecule has 2 aromatic heterocycles. The van der Waals surface area contributed by atoms with Gasteiger partial charge >= 0.3 is 0 Å². The molecule has 7 heteroatoms. The number of hydrogen-bond donors (Lipinski definition) is 2. The molecule has 30 heavy (non-hydrogen) atoms. The molecule has 0 saturated carbocycles. The molecule has 4 aromatic rings. The van der Waals surface area contributed by atoms with E-state index in [2.05, 4.69) is 49.8 Å². The van der Waals surface area contributed by atoms with E-state index in [9.17, 15) is 0 Å². The smallest absolute Gasteiger partial charge is 0.227 e. The van der Waals surface area contributed by atoms with Crippen molar-refractivity contribution in [3.8, 4) is 11.3 Å². The summed E-state index contributed by atoms with van der Waals surface area (Å²) in [5, 5.41) is 8.29. The molecule has 2 aromatic carbocycles. The van der Waals surface area contributed by atoms with Gasteiger partial charge in [-0.15, -0.1) is 0 Å². The maximum absolute atomic E-state index is 6.17. The van der Waals surface area contributed by atoms with E-state index in [1.165, 1.54) is 5.69 Å². The van der Waals surface area contributed by atoms with Crippen LogP contribution < -0.4 is 15.5 Å². The molecule has 0 bridgehead atoms. The lowest BCUT2D eigenvalue weighted by molar-refractivity contribution is 0.589. The summed E-state index contributed by atoms with van der Waals surface area (Å²) in [6.45, 7) is 4.10. The van der Waals surface area contributed by atoms with Crippen molar-refractivity contribution < 1.29 is 0 Å². The highest BCUT2D eigenvalue weighted by atomic mass is 35.5. The van der Waals surface area contributed by atoms with Crippen molar-refractivity contribution in [2.45, 2.75) is 0 Å². The summed E-state index contributed by atoms with van der Waals surface area (Å²) in [6.07, 6.45) is 3.58. The maximum atomic E-state index is 6.17. The predicted molar refractivity (Wildman–Crippen MR) is 123 cm³/mol. The topological polar surface area (TPSA) is 66.0 Å². The summed E-state index contributed by atoms with van der Waals surface area (Å²) < 4.78 is 0. The molecular weight excluding hydrogens is 396 g/mol. The van der Waals surface area contributed by atoms with Gasteiger partial charge in [0, 0.05) is 65.9 Å². The van der Waals surface area contributed by atoms with E-state index in [0.29, 0.717) is 11.0 Å². The normalized spacial score (nSPS) is 14.1. The molecule has 1 fully saturated rings. The van der Waals surface area contributed by atoms with Gasteiger partial charge in [0.15, 0.2) is 0 Å². The SMILES string of the molecule is Clc1cccc(-c2nccc3cnc(Nc4ccc(N5CCNCC5)cc4)nc23)c1. The van der Waals surface area contributed by atoms with Crippen LogP contribution in [0.5, 0.6) is 0 Å². The Morgan fingerprint density at radius 1 is 0.967 bits per heavy atom. The van der Waals surface area contributed by atoms with Gasteiger partial charge in [0.1, 0.15) is 5.52 Å². The van der Waals surface area contributed by atoms with Crippen LogP contribution in [0.4, 0.5) is 17.3 Å². The fraction of sp³-hybridized carbons (Fsp3) is 0.174. The van der Waals surface area contributed by atoms with Crippen LogP contribution in [0.25, 0.3) is 22.2 Å². The summed E-state index contributed by atoms with van der Waals surface area (Å²) in [5.74, 6) is 0.536. The Morgan fingerprint density at radius 2 is 1.80 bits per heavy atom. The van der Waals surface area contributed by atoms with Gasteiger partial charge in [-0.25, -0.2) is 9.97 Å². The summed E-state index contributed by atoms with van der Waals surface area (Å²) in [5.41, 5.74) is 4.68. The third-order valence-electron chi connectivity index (χ3n) is 5.20. The second-order valence-electron chi connectivity index (χ2n) is 7.21. The van der Waals surface area contributed by atoms with Gasteiger partial charge in [-0.1, -0.05) is 23.7 Å². The first-order chi connectivity index (χ1) is 14.8. The van der Waals surface area contributed by atoms with E-state index in [-0.39, 0.29) is 0 Å². The van der Waals surface area contributed by atoms with Gasteiger partial charge in [-0.05, 0) is 42.5 Å². The van der Waals surface area contributed by atoms with Crippen molar-refractivity contribution >= 4 is 39.8 Å². The number of anilines is 3. The first kappa shape index (κ1) is 18.8. The Morgan fingerprint density at radius 3 is 2.60 bits per heavy atom. The maximum Gasteiger partial charge on any atom is 0.227 e. The Bertz CT molecular complexity index is 1170. The molecule has 6 nitrogen and oxygen atoms in total. The number of aromatic nitrogens is 3. The molecule has 0 aliphatic carbocycles. The van der Waals surface area contributed by atoms with Crippen molar-refractivity contribution in [2.24, 2.45) is 0 Å². The molecular formula is C23H21ClN6. The standard InChI is InChI=1S/C23H21ClN6/c24-18-3-1-2-16(14-18)21-22-17(8-9-26-21)15-27-23(29-22)28-19-4-6-20(7-5-19)30-12-10-25-11-13-30/h1-9,14-15,25H,10-13H2,(H,27,28,29). The highest BCUT2D eigenvalue weighted by Crippen LogP contribution is 2.28. The first-order valence-corrected chi connectivity index (χ1v) is 10.3. The average molecular weight is 417 g/mol. The van der Waals surface area contributed by atoms with Gasteiger partial charge in [-0.2, -0.15) is 0 Å². The Kier molecular flexibility index (Phi) is 5.17. The first-order valence-electron chi connectivity index (χ1n) is 9.97. The molecule has 2 N–H and O–H groups in total. The number of hydrogen-bond acceptors (Lipinski definition) is 6.